The highest BCUT2D eigenvalue weighted by molar-refractivity contribution is 7.81. The highest BCUT2D eigenvalue weighted by Gasteiger charge is 2.14. The van der Waals surface area contributed by atoms with Crippen LogP contribution < -0.4 is 0 Å². The maximum absolute atomic E-state index is 11.1. The van der Waals surface area contributed by atoms with E-state index in [-0.39, 0.29) is 81.3 Å². The molecule has 0 saturated heterocycles. The van der Waals surface area contributed by atoms with Gasteiger partial charge in [0.15, 0.2) is 0 Å². The van der Waals surface area contributed by atoms with Crippen LogP contribution >= 0.6 is 63.1 Å². The molecule has 0 radical (unpaired) electrons. The number of ether oxygens (including phenoxy) is 5. The van der Waals surface area contributed by atoms with E-state index >= 15 is 0 Å². The Hall–Kier alpha value is -0.410. The molecule has 0 aromatic heterocycles. The predicted molar refractivity (Wildman–Crippen MR) is 132 cm³/mol. The number of hydrogen-bond donors (Lipinski definition) is 5. The Morgan fingerprint density at radius 3 is 1.52 bits per heavy atom. The van der Waals surface area contributed by atoms with Crippen molar-refractivity contribution in [2.75, 3.05) is 61.8 Å². The molecule has 0 aromatic carbocycles. The van der Waals surface area contributed by atoms with Gasteiger partial charge in [-0.15, -0.1) is 0 Å². The molecule has 0 heterocycles. The summed E-state index contributed by atoms with van der Waals surface area (Å²) in [7, 11) is 0. The van der Waals surface area contributed by atoms with Gasteiger partial charge >= 0.3 is 23.9 Å². The Kier molecular flexibility index (Phi) is 25.6. The molecule has 0 bridgehead atoms. The largest absolute Gasteiger partial charge is 0.463 e. The molecule has 0 aliphatic carbocycles. The van der Waals surface area contributed by atoms with Crippen LogP contribution in [-0.2, 0) is 42.9 Å². The topological polar surface area (TPSA) is 114 Å². The molecular weight excluding hydrogens is 509 g/mol. The molecule has 1 atom stereocenters. The molecule has 0 amide bonds. The van der Waals surface area contributed by atoms with Crippen molar-refractivity contribution in [2.24, 2.45) is 0 Å². The summed E-state index contributed by atoms with van der Waals surface area (Å²) >= 11 is 19.3. The molecular formula is C17H30O9S5. The summed E-state index contributed by atoms with van der Waals surface area (Å²) in [5.41, 5.74) is 0. The van der Waals surface area contributed by atoms with Gasteiger partial charge in [-0.1, -0.05) is 0 Å². The Balaban J connectivity index is 0. The van der Waals surface area contributed by atoms with Crippen molar-refractivity contribution < 1.29 is 42.9 Å². The lowest BCUT2D eigenvalue weighted by molar-refractivity contribution is -0.157. The van der Waals surface area contributed by atoms with Crippen molar-refractivity contribution >= 4 is 87.0 Å². The molecule has 31 heavy (non-hydrogen) atoms. The smallest absolute Gasteiger partial charge is 0.315 e. The van der Waals surface area contributed by atoms with Crippen molar-refractivity contribution in [3.8, 4) is 0 Å². The Labute approximate surface area is 210 Å². The van der Waals surface area contributed by atoms with Crippen molar-refractivity contribution in [1.82, 2.24) is 0 Å². The lowest BCUT2D eigenvalue weighted by Gasteiger charge is -2.15. The van der Waals surface area contributed by atoms with Crippen LogP contribution in [0.4, 0.5) is 0 Å². The zero-order valence-corrected chi connectivity index (χ0v) is 21.4. The molecule has 0 aliphatic heterocycles. The van der Waals surface area contributed by atoms with Crippen LogP contribution in [0.2, 0.25) is 0 Å². The number of rotatable bonds is 16. The minimum Gasteiger partial charge on any atom is -0.463 e. The van der Waals surface area contributed by atoms with Gasteiger partial charge in [0.05, 0.1) is 37.6 Å². The number of carbonyl (C=O) groups excluding carboxylic acids is 4. The van der Waals surface area contributed by atoms with E-state index in [1.165, 1.54) is 0 Å². The van der Waals surface area contributed by atoms with E-state index in [1.807, 2.05) is 0 Å². The molecule has 0 saturated carbocycles. The normalized spacial score (nSPS) is 10.9. The summed E-state index contributed by atoms with van der Waals surface area (Å²) in [6.45, 7) is 0.949. The van der Waals surface area contributed by atoms with E-state index in [9.17, 15) is 19.2 Å². The Morgan fingerprint density at radius 1 is 0.613 bits per heavy atom. The third kappa shape index (κ3) is 24.1. The van der Waals surface area contributed by atoms with Crippen molar-refractivity contribution in [3.63, 3.8) is 0 Å². The number of esters is 4. The van der Waals surface area contributed by atoms with Crippen molar-refractivity contribution in [1.29, 1.82) is 0 Å². The molecule has 0 fully saturated rings. The maximum atomic E-state index is 11.1. The van der Waals surface area contributed by atoms with Gasteiger partial charge in [-0.05, 0) is 0 Å². The van der Waals surface area contributed by atoms with Gasteiger partial charge in [0, 0.05) is 17.3 Å². The van der Waals surface area contributed by atoms with E-state index in [1.54, 1.807) is 0 Å². The zero-order valence-electron chi connectivity index (χ0n) is 17.0. The fourth-order valence-corrected chi connectivity index (χ4v) is 2.16. The van der Waals surface area contributed by atoms with E-state index in [0.29, 0.717) is 17.3 Å². The first-order chi connectivity index (χ1) is 14.8. The van der Waals surface area contributed by atoms with Crippen molar-refractivity contribution in [3.05, 3.63) is 0 Å². The fraction of sp³-hybridized carbons (Fsp3) is 0.765. The highest BCUT2D eigenvalue weighted by atomic mass is 32.1. The second-order valence-corrected chi connectivity index (χ2v) is 7.19. The minimum absolute atomic E-state index is 0.0361. The minimum atomic E-state index is -0.500. The highest BCUT2D eigenvalue weighted by Crippen LogP contribution is 2.01. The van der Waals surface area contributed by atoms with Gasteiger partial charge in [-0.3, -0.25) is 19.2 Å². The molecule has 0 rings (SSSR count). The summed E-state index contributed by atoms with van der Waals surface area (Å²) in [6.07, 6.45) is -0.0232. The van der Waals surface area contributed by atoms with Gasteiger partial charge < -0.3 is 23.7 Å². The fourth-order valence-electron chi connectivity index (χ4n) is 1.43. The molecule has 14 heteroatoms. The third-order valence-corrected chi connectivity index (χ3v) is 4.17. The van der Waals surface area contributed by atoms with Crippen LogP contribution in [0.25, 0.3) is 0 Å². The van der Waals surface area contributed by atoms with E-state index in [2.05, 4.69) is 72.6 Å². The first kappa shape index (κ1) is 32.8. The number of thiol groups is 5. The maximum Gasteiger partial charge on any atom is 0.315 e. The van der Waals surface area contributed by atoms with Crippen LogP contribution in [-0.4, -0.2) is 91.8 Å². The molecule has 0 spiro atoms. The summed E-state index contributed by atoms with van der Waals surface area (Å²) in [5, 5.41) is 0. The van der Waals surface area contributed by atoms with Gasteiger partial charge in [0.25, 0.3) is 0 Å². The van der Waals surface area contributed by atoms with Gasteiger partial charge in [0.1, 0.15) is 25.9 Å². The summed E-state index contributed by atoms with van der Waals surface area (Å²) < 4.78 is 24.3. The van der Waals surface area contributed by atoms with E-state index in [4.69, 9.17) is 14.2 Å². The quantitative estimate of drug-likeness (QED) is 0.0849. The summed E-state index contributed by atoms with van der Waals surface area (Å²) in [6, 6.07) is 0. The standard InChI is InChI=1S/C9H16O4S3.C8H14O5S2/c10-8(1-3-14)12-5-7(6-16)13-9(11)2-4-15;9-7(5-14)12-3-1-11-2-4-13-8(10)6-15/h7,14-16H,1-6H2;14-15H,1-6H2. The summed E-state index contributed by atoms with van der Waals surface area (Å²) in [5.74, 6) is -0.203. The molecule has 0 aliphatic rings. The molecule has 182 valence electrons. The van der Waals surface area contributed by atoms with Crippen LogP contribution in [0, 0.1) is 0 Å². The zero-order chi connectivity index (χ0) is 23.9. The first-order valence-electron chi connectivity index (χ1n) is 9.12. The lowest BCUT2D eigenvalue weighted by Crippen LogP contribution is -2.27. The Morgan fingerprint density at radius 2 is 1.10 bits per heavy atom. The number of hydrogen-bond acceptors (Lipinski definition) is 14. The monoisotopic (exact) mass is 538 g/mol. The second-order valence-electron chi connectivity index (χ2n) is 5.29. The van der Waals surface area contributed by atoms with Crippen molar-refractivity contribution in [2.45, 2.75) is 18.9 Å². The second kappa shape index (κ2) is 24.2. The SMILES string of the molecule is O=C(CCS)OCC(CS)OC(=O)CCS.O=C(CS)OCCOCCOC(=O)CS. The van der Waals surface area contributed by atoms with Gasteiger partial charge in [0.2, 0.25) is 0 Å². The predicted octanol–water partition coefficient (Wildman–Crippen LogP) is 0.960. The molecule has 0 aromatic rings. The molecule has 9 nitrogen and oxygen atoms in total. The lowest BCUT2D eigenvalue weighted by atomic mass is 10.4. The summed E-state index contributed by atoms with van der Waals surface area (Å²) in [4.78, 5) is 43.3. The van der Waals surface area contributed by atoms with Crippen LogP contribution in [0.1, 0.15) is 12.8 Å². The van der Waals surface area contributed by atoms with Gasteiger partial charge in [-0.25, -0.2) is 0 Å². The van der Waals surface area contributed by atoms with Crippen LogP contribution in [0.15, 0.2) is 0 Å². The average molecular weight is 539 g/mol. The molecule has 0 N–H and O–H groups in total. The van der Waals surface area contributed by atoms with Gasteiger partial charge in [-0.2, -0.15) is 63.1 Å². The van der Waals surface area contributed by atoms with Crippen LogP contribution in [0.3, 0.4) is 0 Å². The third-order valence-electron chi connectivity index (χ3n) is 2.80. The van der Waals surface area contributed by atoms with E-state index in [0.717, 1.165) is 0 Å². The van der Waals surface area contributed by atoms with Crippen LogP contribution in [0.5, 0.6) is 0 Å². The first-order valence-corrected chi connectivity index (χ1v) is 12.3. The Bertz CT molecular complexity index is 488. The average Bonchev–Trinajstić information content (AvgIpc) is 2.76. The molecule has 1 unspecified atom stereocenters. The van der Waals surface area contributed by atoms with E-state index < -0.39 is 6.10 Å². The number of carbonyl (C=O) groups is 4.